The second-order valence-corrected chi connectivity index (χ2v) is 10.4. The van der Waals surface area contributed by atoms with Gasteiger partial charge in [0, 0.05) is 12.5 Å². The Morgan fingerprint density at radius 1 is 0.812 bits per heavy atom. The Balaban J connectivity index is 1.27. The van der Waals surface area contributed by atoms with Gasteiger partial charge in [0.05, 0.1) is 0 Å². The van der Waals surface area contributed by atoms with Gasteiger partial charge in [-0.3, -0.25) is 4.79 Å². The third kappa shape index (κ3) is 8.15. The molecule has 0 unspecified atom stereocenters. The predicted octanol–water partition coefficient (Wildman–Crippen LogP) is 8.62. The second-order valence-electron chi connectivity index (χ2n) is 10.4. The van der Waals surface area contributed by atoms with Crippen LogP contribution < -0.4 is 4.74 Å². The maximum atomic E-state index is 13.2. The number of carbonyl (C=O) groups excluding carboxylic acids is 1. The van der Waals surface area contributed by atoms with E-state index >= 15 is 0 Å². The third-order valence-corrected chi connectivity index (χ3v) is 8.04. The first kappa shape index (κ1) is 25.2. The summed E-state index contributed by atoms with van der Waals surface area (Å²) < 4.78 is 31.4. The zero-order chi connectivity index (χ0) is 22.8. The maximum Gasteiger partial charge on any atom is 0.311 e. The van der Waals surface area contributed by atoms with Crippen LogP contribution in [0.25, 0.3) is 0 Å². The molecule has 2 nitrogen and oxygen atoms in total. The molecule has 180 valence electrons. The summed E-state index contributed by atoms with van der Waals surface area (Å²) in [5, 5.41) is 0. The fraction of sp³-hybridized carbons (Fsp3) is 0.750. The van der Waals surface area contributed by atoms with Crippen LogP contribution in [0.3, 0.4) is 0 Å². The lowest BCUT2D eigenvalue weighted by atomic mass is 9.68. The molecule has 1 aromatic rings. The predicted molar refractivity (Wildman–Crippen MR) is 125 cm³/mol. The number of hydrogen-bond acceptors (Lipinski definition) is 2. The second kappa shape index (κ2) is 13.3. The van der Waals surface area contributed by atoms with E-state index in [0.717, 1.165) is 36.3 Å². The minimum Gasteiger partial charge on any atom is -0.426 e. The van der Waals surface area contributed by atoms with Crippen molar-refractivity contribution in [3.05, 3.63) is 29.8 Å². The summed E-state index contributed by atoms with van der Waals surface area (Å²) in [6, 6.07) is 3.21. The summed E-state index contributed by atoms with van der Waals surface area (Å²) in [7, 11) is 0. The standard InChI is InChI=1S/C28H42F2O2/c1-2-3-4-5-6-7-21-8-13-23(14-9-21)24-15-10-22(11-16-24)12-19-28(31)32-25-17-18-26(29)27(30)20-25/h17-18,20-24H,2-16,19H2,1H3/t21-,22?,23-,24?. The average Bonchev–Trinajstić information content (AvgIpc) is 2.81. The van der Waals surface area contributed by atoms with Crippen molar-refractivity contribution in [1.82, 2.24) is 0 Å². The van der Waals surface area contributed by atoms with Gasteiger partial charge in [0.25, 0.3) is 0 Å². The molecule has 3 rings (SSSR count). The SMILES string of the molecule is CCCCCCC[C@H]1CC[C@H](C2CCC(CCC(=O)Oc3ccc(F)c(F)c3)CC2)CC1. The van der Waals surface area contributed by atoms with Gasteiger partial charge in [-0.15, -0.1) is 0 Å². The van der Waals surface area contributed by atoms with Crippen molar-refractivity contribution >= 4 is 5.97 Å². The van der Waals surface area contributed by atoms with Crippen LogP contribution in [0.5, 0.6) is 5.75 Å². The number of benzene rings is 1. The summed E-state index contributed by atoms with van der Waals surface area (Å²) >= 11 is 0. The van der Waals surface area contributed by atoms with Crippen molar-refractivity contribution in [1.29, 1.82) is 0 Å². The molecule has 32 heavy (non-hydrogen) atoms. The Labute approximate surface area is 193 Å². The van der Waals surface area contributed by atoms with Crippen molar-refractivity contribution < 1.29 is 18.3 Å². The van der Waals surface area contributed by atoms with Gasteiger partial charge in [0.15, 0.2) is 11.6 Å². The van der Waals surface area contributed by atoms with Crippen molar-refractivity contribution in [3.8, 4) is 5.75 Å². The van der Waals surface area contributed by atoms with Crippen LogP contribution in [0.15, 0.2) is 18.2 Å². The van der Waals surface area contributed by atoms with Crippen molar-refractivity contribution in [2.24, 2.45) is 23.7 Å². The topological polar surface area (TPSA) is 26.3 Å². The number of rotatable bonds is 11. The Morgan fingerprint density at radius 2 is 1.41 bits per heavy atom. The molecule has 0 bridgehead atoms. The quantitative estimate of drug-likeness (QED) is 0.192. The number of unbranched alkanes of at least 4 members (excludes halogenated alkanes) is 4. The van der Waals surface area contributed by atoms with E-state index in [2.05, 4.69) is 6.92 Å². The molecule has 2 saturated carbocycles. The fourth-order valence-electron chi connectivity index (χ4n) is 5.98. The number of esters is 1. The van der Waals surface area contributed by atoms with Crippen molar-refractivity contribution in [2.45, 2.75) is 110 Å². The largest absolute Gasteiger partial charge is 0.426 e. The molecular formula is C28H42F2O2. The summed E-state index contributed by atoms with van der Waals surface area (Å²) in [5.74, 6) is 1.16. The number of halogens is 2. The molecule has 1 aromatic carbocycles. The summed E-state index contributed by atoms with van der Waals surface area (Å²) in [4.78, 5) is 12.1. The van der Waals surface area contributed by atoms with Crippen LogP contribution in [0.2, 0.25) is 0 Å². The highest BCUT2D eigenvalue weighted by atomic mass is 19.2. The third-order valence-electron chi connectivity index (χ3n) is 8.04. The Morgan fingerprint density at radius 3 is 2.00 bits per heavy atom. The van der Waals surface area contributed by atoms with E-state index in [9.17, 15) is 13.6 Å². The zero-order valence-electron chi connectivity index (χ0n) is 19.9. The van der Waals surface area contributed by atoms with Crippen LogP contribution in [-0.4, -0.2) is 5.97 Å². The molecule has 2 aliphatic carbocycles. The van der Waals surface area contributed by atoms with Gasteiger partial charge in [-0.05, 0) is 67.9 Å². The van der Waals surface area contributed by atoms with Gasteiger partial charge in [-0.2, -0.15) is 0 Å². The lowest BCUT2D eigenvalue weighted by Gasteiger charge is -2.38. The first-order chi connectivity index (χ1) is 15.5. The van der Waals surface area contributed by atoms with Crippen LogP contribution in [0.4, 0.5) is 8.78 Å². The van der Waals surface area contributed by atoms with Crippen molar-refractivity contribution in [2.75, 3.05) is 0 Å². The van der Waals surface area contributed by atoms with Gasteiger partial charge >= 0.3 is 5.97 Å². The number of hydrogen-bond donors (Lipinski definition) is 0. The van der Waals surface area contributed by atoms with Crippen molar-refractivity contribution in [3.63, 3.8) is 0 Å². The molecule has 0 amide bonds. The molecule has 2 aliphatic rings. The molecule has 2 fully saturated rings. The molecule has 0 saturated heterocycles. The highest BCUT2D eigenvalue weighted by molar-refractivity contribution is 5.72. The van der Waals surface area contributed by atoms with E-state index in [4.69, 9.17) is 4.74 Å². The van der Waals surface area contributed by atoms with Gasteiger partial charge in [-0.1, -0.05) is 71.1 Å². The zero-order valence-corrected chi connectivity index (χ0v) is 19.9. The van der Waals surface area contributed by atoms with Gasteiger partial charge in [-0.25, -0.2) is 8.78 Å². The lowest BCUT2D eigenvalue weighted by Crippen LogP contribution is -2.26. The van der Waals surface area contributed by atoms with E-state index in [1.54, 1.807) is 0 Å². The number of ether oxygens (including phenoxy) is 1. The van der Waals surface area contributed by atoms with Gasteiger partial charge in [0.2, 0.25) is 0 Å². The van der Waals surface area contributed by atoms with Crippen LogP contribution >= 0.6 is 0 Å². The molecule has 0 radical (unpaired) electrons. The molecule has 0 heterocycles. The minimum absolute atomic E-state index is 0.0779. The number of carbonyl (C=O) groups is 1. The average molecular weight is 449 g/mol. The van der Waals surface area contributed by atoms with E-state index < -0.39 is 11.6 Å². The monoisotopic (exact) mass is 448 g/mol. The molecule has 0 spiro atoms. The fourth-order valence-corrected chi connectivity index (χ4v) is 5.98. The van der Waals surface area contributed by atoms with E-state index in [-0.39, 0.29) is 11.7 Å². The normalized spacial score (nSPS) is 26.1. The first-order valence-electron chi connectivity index (χ1n) is 13.2. The molecule has 0 N–H and O–H groups in total. The highest BCUT2D eigenvalue weighted by Crippen LogP contribution is 2.43. The van der Waals surface area contributed by atoms with Gasteiger partial charge < -0.3 is 4.74 Å². The molecule has 0 aromatic heterocycles. The summed E-state index contributed by atoms with van der Waals surface area (Å²) in [6.07, 6.45) is 20.4. The molecule has 0 atom stereocenters. The molecule has 0 aliphatic heterocycles. The van der Waals surface area contributed by atoms with E-state index in [1.165, 1.54) is 96.0 Å². The molecular weight excluding hydrogens is 406 g/mol. The summed E-state index contributed by atoms with van der Waals surface area (Å²) in [5.41, 5.74) is 0. The smallest absolute Gasteiger partial charge is 0.311 e. The highest BCUT2D eigenvalue weighted by Gasteiger charge is 2.30. The Hall–Kier alpha value is -1.45. The van der Waals surface area contributed by atoms with Crippen LogP contribution in [0, 0.1) is 35.3 Å². The van der Waals surface area contributed by atoms with Gasteiger partial charge in [0.1, 0.15) is 5.75 Å². The minimum atomic E-state index is -0.991. The molecule has 4 heteroatoms. The Bertz CT molecular complexity index is 689. The maximum absolute atomic E-state index is 13.2. The summed E-state index contributed by atoms with van der Waals surface area (Å²) in [6.45, 7) is 2.28. The first-order valence-corrected chi connectivity index (χ1v) is 13.2. The van der Waals surface area contributed by atoms with E-state index in [1.807, 2.05) is 0 Å². The lowest BCUT2D eigenvalue weighted by molar-refractivity contribution is -0.134. The van der Waals surface area contributed by atoms with Crippen LogP contribution in [0.1, 0.15) is 110 Å². The van der Waals surface area contributed by atoms with E-state index in [0.29, 0.717) is 12.3 Å². The Kier molecular flexibility index (Phi) is 10.5. The van der Waals surface area contributed by atoms with Crippen LogP contribution in [-0.2, 0) is 4.79 Å².